The van der Waals surface area contributed by atoms with Crippen LogP contribution in [0.4, 0.5) is 0 Å². The average molecular weight is 168 g/mol. The molecule has 56 valence electrons. The molecule has 0 atom stereocenters. The number of thiophene rings is 1. The number of hydrogen-bond donors (Lipinski definition) is 0. The van der Waals surface area contributed by atoms with E-state index >= 15 is 0 Å². The molecule has 0 N–H and O–H groups in total. The normalized spacial score (nSPS) is 17.8. The third-order valence-corrected chi connectivity index (χ3v) is 2.44. The van der Waals surface area contributed by atoms with Gasteiger partial charge in [-0.05, 0) is 11.4 Å². The summed E-state index contributed by atoms with van der Waals surface area (Å²) in [5.74, 6) is -1.50. The quantitative estimate of drug-likeness (QED) is 0.462. The van der Waals surface area contributed by atoms with Crippen molar-refractivity contribution in [2.45, 2.75) is 5.92 Å². The Labute approximate surface area is 66.6 Å². The summed E-state index contributed by atoms with van der Waals surface area (Å²) in [6, 6.07) is 3.56. The highest BCUT2D eigenvalue weighted by Gasteiger charge is 2.43. The molecule has 1 fully saturated rings. The maximum atomic E-state index is 10.7. The highest BCUT2D eigenvalue weighted by atomic mass is 32.1. The van der Waals surface area contributed by atoms with Crippen LogP contribution in [-0.2, 0) is 14.3 Å². The molecule has 4 heteroatoms. The van der Waals surface area contributed by atoms with Crippen molar-refractivity contribution in [1.29, 1.82) is 0 Å². The maximum absolute atomic E-state index is 10.7. The SMILES string of the molecule is O=C1OC(=O)C1c1cccs1. The number of ether oxygens (including phenoxy) is 1. The summed E-state index contributed by atoms with van der Waals surface area (Å²) in [5, 5.41) is 1.83. The summed E-state index contributed by atoms with van der Waals surface area (Å²) in [6.45, 7) is 0. The Morgan fingerprint density at radius 1 is 1.36 bits per heavy atom. The summed E-state index contributed by atoms with van der Waals surface area (Å²) in [6.07, 6.45) is 0. The zero-order valence-electron chi connectivity index (χ0n) is 5.44. The molecule has 1 aromatic heterocycles. The molecule has 0 saturated carbocycles. The molecule has 1 aliphatic rings. The van der Waals surface area contributed by atoms with Crippen molar-refractivity contribution in [3.05, 3.63) is 22.4 Å². The Morgan fingerprint density at radius 2 is 2.09 bits per heavy atom. The van der Waals surface area contributed by atoms with Gasteiger partial charge in [-0.2, -0.15) is 0 Å². The van der Waals surface area contributed by atoms with Gasteiger partial charge in [0.15, 0.2) is 5.92 Å². The molecule has 3 nitrogen and oxygen atoms in total. The molecule has 0 amide bonds. The van der Waals surface area contributed by atoms with Crippen molar-refractivity contribution in [1.82, 2.24) is 0 Å². The lowest BCUT2D eigenvalue weighted by molar-refractivity contribution is -0.178. The molecule has 0 bridgehead atoms. The molecule has 2 heterocycles. The van der Waals surface area contributed by atoms with E-state index < -0.39 is 17.9 Å². The average Bonchev–Trinajstić information content (AvgIpc) is 2.39. The summed E-state index contributed by atoms with van der Waals surface area (Å²) >= 11 is 1.39. The summed E-state index contributed by atoms with van der Waals surface area (Å²) < 4.78 is 4.20. The molecule has 2 rings (SSSR count). The van der Waals surface area contributed by atoms with Crippen LogP contribution in [0.25, 0.3) is 0 Å². The first kappa shape index (κ1) is 6.54. The van der Waals surface area contributed by atoms with Crippen LogP contribution in [0, 0.1) is 0 Å². The number of esters is 2. The zero-order valence-corrected chi connectivity index (χ0v) is 6.26. The minimum atomic E-state index is -0.630. The van der Waals surface area contributed by atoms with Crippen molar-refractivity contribution >= 4 is 23.3 Å². The Kier molecular flexibility index (Phi) is 1.29. The van der Waals surface area contributed by atoms with Crippen LogP contribution in [0.5, 0.6) is 0 Å². The monoisotopic (exact) mass is 168 g/mol. The molecular formula is C7H4O3S. The van der Waals surface area contributed by atoms with Gasteiger partial charge in [-0.1, -0.05) is 6.07 Å². The Morgan fingerprint density at radius 3 is 2.55 bits per heavy atom. The number of rotatable bonds is 1. The minimum Gasteiger partial charge on any atom is -0.391 e. The zero-order chi connectivity index (χ0) is 7.84. The fourth-order valence-corrected chi connectivity index (χ4v) is 1.74. The van der Waals surface area contributed by atoms with Crippen LogP contribution in [0.3, 0.4) is 0 Å². The third kappa shape index (κ3) is 0.867. The second kappa shape index (κ2) is 2.17. The van der Waals surface area contributed by atoms with Gasteiger partial charge in [0.2, 0.25) is 0 Å². The molecule has 0 aromatic carbocycles. The van der Waals surface area contributed by atoms with Gasteiger partial charge in [0.25, 0.3) is 0 Å². The van der Waals surface area contributed by atoms with E-state index in [1.807, 2.05) is 5.38 Å². The first-order valence-corrected chi connectivity index (χ1v) is 3.96. The fraction of sp³-hybridized carbons (Fsp3) is 0.143. The maximum Gasteiger partial charge on any atom is 0.333 e. The fourth-order valence-electron chi connectivity index (χ4n) is 0.943. The van der Waals surface area contributed by atoms with E-state index in [1.54, 1.807) is 12.1 Å². The molecular weight excluding hydrogens is 164 g/mol. The van der Waals surface area contributed by atoms with E-state index in [2.05, 4.69) is 4.74 Å². The van der Waals surface area contributed by atoms with Crippen LogP contribution in [-0.4, -0.2) is 11.9 Å². The second-order valence-electron chi connectivity index (χ2n) is 2.19. The highest BCUT2D eigenvalue weighted by Crippen LogP contribution is 2.30. The van der Waals surface area contributed by atoms with E-state index in [-0.39, 0.29) is 0 Å². The van der Waals surface area contributed by atoms with Crippen LogP contribution in [0.2, 0.25) is 0 Å². The predicted molar refractivity (Wildman–Crippen MR) is 38.2 cm³/mol. The molecule has 11 heavy (non-hydrogen) atoms. The van der Waals surface area contributed by atoms with Crippen LogP contribution in [0.15, 0.2) is 17.5 Å². The van der Waals surface area contributed by atoms with E-state index in [1.165, 1.54) is 11.3 Å². The van der Waals surface area contributed by atoms with Crippen molar-refractivity contribution in [3.63, 3.8) is 0 Å². The molecule has 0 radical (unpaired) electrons. The van der Waals surface area contributed by atoms with Gasteiger partial charge in [-0.25, -0.2) is 0 Å². The van der Waals surface area contributed by atoms with Crippen LogP contribution >= 0.6 is 11.3 Å². The topological polar surface area (TPSA) is 43.4 Å². The molecule has 0 spiro atoms. The molecule has 1 aromatic rings. The lowest BCUT2D eigenvalue weighted by atomic mass is 10.1. The Balaban J connectivity index is 2.30. The Bertz CT molecular complexity index is 287. The summed E-state index contributed by atoms with van der Waals surface area (Å²) in [5.41, 5.74) is 0. The molecule has 1 aliphatic heterocycles. The van der Waals surface area contributed by atoms with E-state index in [0.717, 1.165) is 4.88 Å². The van der Waals surface area contributed by atoms with Gasteiger partial charge in [-0.3, -0.25) is 9.59 Å². The van der Waals surface area contributed by atoms with Crippen molar-refractivity contribution in [3.8, 4) is 0 Å². The minimum absolute atomic E-state index is 0.433. The van der Waals surface area contributed by atoms with E-state index in [9.17, 15) is 9.59 Å². The van der Waals surface area contributed by atoms with Gasteiger partial charge in [-0.15, -0.1) is 11.3 Å². The van der Waals surface area contributed by atoms with Crippen molar-refractivity contribution < 1.29 is 14.3 Å². The standard InChI is InChI=1S/C7H4O3S/c8-6-5(7(9)10-6)4-2-1-3-11-4/h1-3,5H. The number of hydrogen-bond acceptors (Lipinski definition) is 4. The van der Waals surface area contributed by atoms with Gasteiger partial charge in [0.05, 0.1) is 0 Å². The van der Waals surface area contributed by atoms with Gasteiger partial charge >= 0.3 is 11.9 Å². The summed E-state index contributed by atoms with van der Waals surface area (Å²) in [4.78, 5) is 22.2. The first-order chi connectivity index (χ1) is 5.29. The smallest absolute Gasteiger partial charge is 0.333 e. The first-order valence-electron chi connectivity index (χ1n) is 3.08. The van der Waals surface area contributed by atoms with Crippen LogP contribution in [0.1, 0.15) is 10.8 Å². The van der Waals surface area contributed by atoms with Gasteiger partial charge < -0.3 is 4.74 Å². The number of cyclic esters (lactones) is 2. The van der Waals surface area contributed by atoms with Crippen LogP contribution < -0.4 is 0 Å². The molecule has 0 aliphatic carbocycles. The van der Waals surface area contributed by atoms with Crippen molar-refractivity contribution in [2.24, 2.45) is 0 Å². The van der Waals surface area contributed by atoms with E-state index in [4.69, 9.17) is 0 Å². The van der Waals surface area contributed by atoms with Gasteiger partial charge in [0, 0.05) is 4.88 Å². The second-order valence-corrected chi connectivity index (χ2v) is 3.17. The largest absolute Gasteiger partial charge is 0.391 e. The third-order valence-electron chi connectivity index (χ3n) is 1.50. The van der Waals surface area contributed by atoms with Gasteiger partial charge in [0.1, 0.15) is 0 Å². The lowest BCUT2D eigenvalue weighted by Crippen LogP contribution is -2.37. The Hall–Kier alpha value is -1.16. The number of carbonyl (C=O) groups is 2. The highest BCUT2D eigenvalue weighted by molar-refractivity contribution is 7.10. The molecule has 1 saturated heterocycles. The van der Waals surface area contributed by atoms with Crippen molar-refractivity contribution in [2.75, 3.05) is 0 Å². The molecule has 0 unspecified atom stereocenters. The van der Waals surface area contributed by atoms with E-state index in [0.29, 0.717) is 0 Å². The predicted octanol–water partition coefficient (Wildman–Crippen LogP) is 0.915. The lowest BCUT2D eigenvalue weighted by Gasteiger charge is -2.19. The number of carbonyl (C=O) groups excluding carboxylic acids is 2. The summed E-state index contributed by atoms with van der Waals surface area (Å²) in [7, 11) is 0.